The van der Waals surface area contributed by atoms with Gasteiger partial charge < -0.3 is 10.5 Å². The largest absolute Gasteiger partial charge is 0.489 e. The van der Waals surface area contributed by atoms with Crippen LogP contribution in [0.3, 0.4) is 0 Å². The average Bonchev–Trinajstić information content (AvgIpc) is 2.79. The number of ether oxygens (including phenoxy) is 1. The van der Waals surface area contributed by atoms with E-state index in [-0.39, 0.29) is 11.9 Å². The zero-order valence-corrected chi connectivity index (χ0v) is 12.6. The molecule has 1 unspecified atom stereocenters. The first kappa shape index (κ1) is 13.9. The van der Waals surface area contributed by atoms with E-state index in [1.165, 1.54) is 0 Å². The lowest BCUT2D eigenvalue weighted by molar-refractivity contribution is 0.256. The van der Waals surface area contributed by atoms with Gasteiger partial charge >= 0.3 is 0 Å². The molecule has 110 valence electrons. The van der Waals surface area contributed by atoms with E-state index in [1.54, 1.807) is 25.1 Å². The first-order valence-corrected chi connectivity index (χ1v) is 8.44. The number of nitrogen functional groups attached to an aromatic ring is 1. The number of fused-ring (bicyclic) bond motifs is 1. The maximum absolute atomic E-state index is 12.6. The summed E-state index contributed by atoms with van der Waals surface area (Å²) in [5, 5.41) is 0. The Morgan fingerprint density at radius 1 is 1.24 bits per heavy atom. The Hall–Kier alpha value is -2.01. The Bertz CT molecular complexity index is 759. The van der Waals surface area contributed by atoms with Crippen molar-refractivity contribution in [3.8, 4) is 5.75 Å². The standard InChI is InChI=1S/C16H17NO3S/c1-11-8-13(17)6-7-16(11)21(18,19)10-14-9-12-4-2-3-5-15(12)20-14/h2-8,14H,9-10,17H2,1H3. The van der Waals surface area contributed by atoms with Gasteiger partial charge in [0, 0.05) is 12.1 Å². The highest BCUT2D eigenvalue weighted by Crippen LogP contribution is 2.30. The van der Waals surface area contributed by atoms with Crippen molar-refractivity contribution in [2.24, 2.45) is 0 Å². The lowest BCUT2D eigenvalue weighted by Crippen LogP contribution is -2.25. The molecule has 0 spiro atoms. The fourth-order valence-electron chi connectivity index (χ4n) is 2.70. The average molecular weight is 303 g/mol. The number of hydrogen-bond donors (Lipinski definition) is 1. The van der Waals surface area contributed by atoms with Crippen LogP contribution >= 0.6 is 0 Å². The van der Waals surface area contributed by atoms with Gasteiger partial charge in [-0.3, -0.25) is 0 Å². The molecule has 0 aromatic heterocycles. The summed E-state index contributed by atoms with van der Waals surface area (Å²) in [6, 6.07) is 12.5. The van der Waals surface area contributed by atoms with Crippen molar-refractivity contribution in [3.63, 3.8) is 0 Å². The minimum absolute atomic E-state index is 0.0214. The van der Waals surface area contributed by atoms with Crippen LogP contribution in [0.5, 0.6) is 5.75 Å². The molecular weight excluding hydrogens is 286 g/mol. The third-order valence-electron chi connectivity index (χ3n) is 3.65. The second kappa shape index (κ2) is 5.07. The Labute approximate surface area is 124 Å². The van der Waals surface area contributed by atoms with Gasteiger partial charge in [0.05, 0.1) is 10.6 Å². The highest BCUT2D eigenvalue weighted by Gasteiger charge is 2.29. The quantitative estimate of drug-likeness (QED) is 0.884. The van der Waals surface area contributed by atoms with Crippen LogP contribution in [-0.2, 0) is 16.3 Å². The van der Waals surface area contributed by atoms with E-state index in [2.05, 4.69) is 0 Å². The van der Waals surface area contributed by atoms with E-state index in [4.69, 9.17) is 10.5 Å². The van der Waals surface area contributed by atoms with Crippen molar-refractivity contribution in [1.82, 2.24) is 0 Å². The highest BCUT2D eigenvalue weighted by atomic mass is 32.2. The number of benzene rings is 2. The van der Waals surface area contributed by atoms with Crippen molar-refractivity contribution in [3.05, 3.63) is 53.6 Å². The molecule has 3 rings (SSSR count). The maximum atomic E-state index is 12.6. The van der Waals surface area contributed by atoms with E-state index < -0.39 is 9.84 Å². The van der Waals surface area contributed by atoms with Gasteiger partial charge in [0.1, 0.15) is 11.9 Å². The SMILES string of the molecule is Cc1cc(N)ccc1S(=O)(=O)CC1Cc2ccccc2O1. The number of hydrogen-bond acceptors (Lipinski definition) is 4. The topological polar surface area (TPSA) is 69.4 Å². The number of para-hydroxylation sites is 1. The fourth-order valence-corrected chi connectivity index (χ4v) is 4.38. The summed E-state index contributed by atoms with van der Waals surface area (Å²) in [5.74, 6) is 0.763. The van der Waals surface area contributed by atoms with Crippen molar-refractivity contribution in [2.75, 3.05) is 11.5 Å². The van der Waals surface area contributed by atoms with Crippen molar-refractivity contribution < 1.29 is 13.2 Å². The zero-order valence-electron chi connectivity index (χ0n) is 11.7. The van der Waals surface area contributed by atoms with E-state index in [9.17, 15) is 8.42 Å². The van der Waals surface area contributed by atoms with Gasteiger partial charge in [0.15, 0.2) is 9.84 Å². The Kier molecular flexibility index (Phi) is 3.37. The molecule has 0 saturated heterocycles. The molecule has 1 aliphatic rings. The Morgan fingerprint density at radius 3 is 2.71 bits per heavy atom. The minimum atomic E-state index is -3.39. The summed E-state index contributed by atoms with van der Waals surface area (Å²) in [4.78, 5) is 0.330. The van der Waals surface area contributed by atoms with Gasteiger partial charge in [-0.1, -0.05) is 18.2 Å². The number of rotatable bonds is 3. The molecule has 21 heavy (non-hydrogen) atoms. The predicted molar refractivity (Wildman–Crippen MR) is 82.2 cm³/mol. The predicted octanol–water partition coefficient (Wildman–Crippen LogP) is 2.35. The number of aryl methyl sites for hydroxylation is 1. The molecule has 2 aromatic carbocycles. The van der Waals surface area contributed by atoms with Gasteiger partial charge in [0.25, 0.3) is 0 Å². The molecule has 0 saturated carbocycles. The molecule has 4 nitrogen and oxygen atoms in total. The molecule has 0 bridgehead atoms. The van der Waals surface area contributed by atoms with Gasteiger partial charge in [-0.2, -0.15) is 0 Å². The second-order valence-corrected chi connectivity index (χ2v) is 7.36. The zero-order chi connectivity index (χ0) is 15.0. The fraction of sp³-hybridized carbons (Fsp3) is 0.250. The third kappa shape index (κ3) is 2.74. The molecule has 0 fully saturated rings. The smallest absolute Gasteiger partial charge is 0.182 e. The lowest BCUT2D eigenvalue weighted by Gasteiger charge is -2.13. The summed E-state index contributed by atoms with van der Waals surface area (Å²) in [7, 11) is -3.39. The number of sulfone groups is 1. The van der Waals surface area contributed by atoms with Gasteiger partial charge in [0.2, 0.25) is 0 Å². The van der Waals surface area contributed by atoms with Crippen molar-refractivity contribution in [2.45, 2.75) is 24.3 Å². The maximum Gasteiger partial charge on any atom is 0.182 e. The van der Waals surface area contributed by atoms with E-state index >= 15 is 0 Å². The summed E-state index contributed by atoms with van der Waals surface area (Å²) >= 11 is 0. The monoisotopic (exact) mass is 303 g/mol. The van der Waals surface area contributed by atoms with E-state index in [1.807, 2.05) is 24.3 Å². The first-order chi connectivity index (χ1) is 9.95. The summed E-state index contributed by atoms with van der Waals surface area (Å²) in [6.45, 7) is 1.76. The second-order valence-electron chi connectivity index (χ2n) is 5.36. The number of anilines is 1. The van der Waals surface area contributed by atoms with Crippen LogP contribution < -0.4 is 10.5 Å². The van der Waals surface area contributed by atoms with Crippen LogP contribution in [-0.4, -0.2) is 20.3 Å². The molecule has 1 aliphatic heterocycles. The molecule has 1 heterocycles. The van der Waals surface area contributed by atoms with Gasteiger partial charge in [-0.05, 0) is 42.3 Å². The molecule has 0 aliphatic carbocycles. The van der Waals surface area contributed by atoms with Crippen LogP contribution in [0.2, 0.25) is 0 Å². The normalized spacial score (nSPS) is 17.3. The Balaban J connectivity index is 1.82. The molecule has 0 radical (unpaired) electrons. The van der Waals surface area contributed by atoms with Crippen molar-refractivity contribution in [1.29, 1.82) is 0 Å². The summed E-state index contributed by atoms with van der Waals surface area (Å²) < 4.78 is 30.8. The number of nitrogens with two attached hydrogens (primary N) is 1. The summed E-state index contributed by atoms with van der Waals surface area (Å²) in [6.07, 6.45) is 0.299. The molecule has 5 heteroatoms. The van der Waals surface area contributed by atoms with Crippen LogP contribution in [0.1, 0.15) is 11.1 Å². The van der Waals surface area contributed by atoms with Crippen LogP contribution in [0.15, 0.2) is 47.4 Å². The van der Waals surface area contributed by atoms with Gasteiger partial charge in [-0.15, -0.1) is 0 Å². The van der Waals surface area contributed by atoms with E-state index in [0.29, 0.717) is 22.6 Å². The van der Waals surface area contributed by atoms with Gasteiger partial charge in [-0.25, -0.2) is 8.42 Å². The minimum Gasteiger partial charge on any atom is -0.489 e. The van der Waals surface area contributed by atoms with Crippen LogP contribution in [0.4, 0.5) is 5.69 Å². The van der Waals surface area contributed by atoms with Crippen molar-refractivity contribution >= 4 is 15.5 Å². The van der Waals surface area contributed by atoms with Crippen LogP contribution in [0, 0.1) is 6.92 Å². The molecule has 2 aromatic rings. The molecule has 0 amide bonds. The van der Waals surface area contributed by atoms with E-state index in [0.717, 1.165) is 11.3 Å². The molecule has 2 N–H and O–H groups in total. The van der Waals surface area contributed by atoms with Crippen LogP contribution in [0.25, 0.3) is 0 Å². The lowest BCUT2D eigenvalue weighted by atomic mass is 10.1. The molecule has 1 atom stereocenters. The summed E-state index contributed by atoms with van der Waals surface area (Å²) in [5.41, 5.74) is 7.97. The highest BCUT2D eigenvalue weighted by molar-refractivity contribution is 7.91. The molecular formula is C16H17NO3S. The third-order valence-corrected chi connectivity index (χ3v) is 5.59. The Morgan fingerprint density at radius 2 is 2.00 bits per heavy atom. The first-order valence-electron chi connectivity index (χ1n) is 6.79.